The predicted molar refractivity (Wildman–Crippen MR) is 134 cm³/mol. The summed E-state index contributed by atoms with van der Waals surface area (Å²) >= 11 is 0. The summed E-state index contributed by atoms with van der Waals surface area (Å²) in [6.45, 7) is -0.0525. The molecule has 3 aromatic rings. The molecule has 0 saturated carbocycles. The van der Waals surface area contributed by atoms with Gasteiger partial charge in [0.2, 0.25) is 15.9 Å². The van der Waals surface area contributed by atoms with Crippen molar-refractivity contribution in [2.45, 2.75) is 36.3 Å². The normalized spacial score (nSPS) is 16.1. The van der Waals surface area contributed by atoms with Gasteiger partial charge in [0.25, 0.3) is 0 Å². The molecule has 218 valence electrons. The second-order valence-electron chi connectivity index (χ2n) is 9.13. The van der Waals surface area contributed by atoms with Gasteiger partial charge in [-0.3, -0.25) is 4.79 Å². The Balaban J connectivity index is 1.74. The first-order valence-corrected chi connectivity index (χ1v) is 13.4. The van der Waals surface area contributed by atoms with Crippen LogP contribution < -0.4 is 5.73 Å². The van der Waals surface area contributed by atoms with Crippen molar-refractivity contribution in [3.63, 3.8) is 0 Å². The van der Waals surface area contributed by atoms with Gasteiger partial charge in [-0.25, -0.2) is 22.8 Å². The van der Waals surface area contributed by atoms with Crippen LogP contribution in [0.1, 0.15) is 35.2 Å². The number of benzene rings is 2. The summed E-state index contributed by atoms with van der Waals surface area (Å²) < 4.78 is 121. The van der Waals surface area contributed by atoms with Crippen LogP contribution in [0.5, 0.6) is 0 Å². The molecule has 0 unspecified atom stereocenters. The summed E-state index contributed by atoms with van der Waals surface area (Å²) in [6.07, 6.45) is -9.03. The van der Waals surface area contributed by atoms with Crippen LogP contribution in [-0.4, -0.2) is 47.9 Å². The van der Waals surface area contributed by atoms with Crippen LogP contribution in [0, 0.1) is 0 Å². The summed E-state index contributed by atoms with van der Waals surface area (Å²) in [4.78, 5) is 19.9. The number of halogens is 7. The van der Waals surface area contributed by atoms with Crippen LogP contribution >= 0.6 is 0 Å². The van der Waals surface area contributed by atoms with E-state index in [2.05, 4.69) is 9.97 Å². The third-order valence-electron chi connectivity index (χ3n) is 6.25. The lowest BCUT2D eigenvalue weighted by molar-refractivity contribution is -0.143. The summed E-state index contributed by atoms with van der Waals surface area (Å²) in [5, 5.41) is 0. The van der Waals surface area contributed by atoms with Crippen molar-refractivity contribution in [3.8, 4) is 11.4 Å². The molecule has 1 aliphatic rings. The van der Waals surface area contributed by atoms with Crippen molar-refractivity contribution >= 4 is 27.6 Å². The van der Waals surface area contributed by atoms with Gasteiger partial charge >= 0.3 is 12.4 Å². The van der Waals surface area contributed by atoms with E-state index in [1.165, 1.54) is 30.3 Å². The van der Waals surface area contributed by atoms with Crippen LogP contribution in [0.4, 0.5) is 30.7 Å². The topological polar surface area (TPSA) is 106 Å². The summed E-state index contributed by atoms with van der Waals surface area (Å²) in [6, 6.07) is 7.33. The molecule has 1 amide bonds. The third-order valence-corrected chi connectivity index (χ3v) is 8.14. The quantitative estimate of drug-likeness (QED) is 0.303. The Hall–Kier alpha value is -3.85. The number of nitrogens with two attached hydrogens (primary N) is 1. The average Bonchev–Trinajstić information content (AvgIpc) is 2.91. The highest BCUT2D eigenvalue weighted by Crippen LogP contribution is 2.38. The maximum absolute atomic E-state index is 13.5. The number of rotatable bonds is 6. The first-order chi connectivity index (χ1) is 19.1. The van der Waals surface area contributed by atoms with E-state index in [1.54, 1.807) is 0 Å². The number of hydrogen-bond donors (Lipinski definition) is 1. The van der Waals surface area contributed by atoms with Gasteiger partial charge < -0.3 is 5.73 Å². The van der Waals surface area contributed by atoms with Crippen molar-refractivity contribution in [2.24, 2.45) is 5.73 Å². The Labute approximate surface area is 229 Å². The maximum atomic E-state index is 13.5. The molecule has 15 heteroatoms. The molecule has 0 atom stereocenters. The number of alkyl halides is 7. The molecule has 0 aliphatic carbocycles. The molecule has 0 spiro atoms. The van der Waals surface area contributed by atoms with Gasteiger partial charge in [0.15, 0.2) is 5.82 Å². The van der Waals surface area contributed by atoms with Crippen LogP contribution in [0.25, 0.3) is 23.0 Å². The highest BCUT2D eigenvalue weighted by Gasteiger charge is 2.37. The smallest absolute Gasteiger partial charge is 0.366 e. The van der Waals surface area contributed by atoms with Gasteiger partial charge in [0, 0.05) is 30.4 Å². The zero-order chi connectivity index (χ0) is 30.2. The molecular weight excluding hydrogens is 581 g/mol. The molecule has 2 aromatic carbocycles. The van der Waals surface area contributed by atoms with Crippen molar-refractivity contribution < 1.29 is 43.9 Å². The SMILES string of the molecule is NC(=O)/C(=C/c1ccnc(-c2cc(C(F)(F)F)cc(C(F)(F)F)c2)n1)c1cccc(S(=O)(=O)N2CCC(F)CC2)c1. The van der Waals surface area contributed by atoms with Crippen molar-refractivity contribution in [3.05, 3.63) is 77.1 Å². The van der Waals surface area contributed by atoms with Gasteiger partial charge in [0.1, 0.15) is 6.17 Å². The zero-order valence-corrected chi connectivity index (χ0v) is 21.7. The lowest BCUT2D eigenvalue weighted by Crippen LogP contribution is -2.39. The number of nitrogens with zero attached hydrogens (tertiary/aromatic N) is 3. The van der Waals surface area contributed by atoms with Gasteiger partial charge in [0.05, 0.1) is 21.7 Å². The van der Waals surface area contributed by atoms with E-state index in [1.807, 2.05) is 0 Å². The van der Waals surface area contributed by atoms with Crippen LogP contribution in [0.15, 0.2) is 59.6 Å². The van der Waals surface area contributed by atoms with E-state index in [0.29, 0.717) is 12.1 Å². The highest BCUT2D eigenvalue weighted by molar-refractivity contribution is 7.89. The number of carbonyl (C=O) groups is 1. The minimum Gasteiger partial charge on any atom is -0.366 e. The molecule has 0 radical (unpaired) electrons. The van der Waals surface area contributed by atoms with Crippen LogP contribution in [0.2, 0.25) is 0 Å². The van der Waals surface area contributed by atoms with Gasteiger partial charge in [-0.05, 0) is 60.9 Å². The molecule has 1 aliphatic heterocycles. The monoisotopic (exact) mass is 602 g/mol. The molecule has 2 N–H and O–H groups in total. The number of amides is 1. The van der Waals surface area contributed by atoms with E-state index in [0.717, 1.165) is 16.6 Å². The molecule has 7 nitrogen and oxygen atoms in total. The minimum atomic E-state index is -5.08. The van der Waals surface area contributed by atoms with E-state index >= 15 is 0 Å². The average molecular weight is 603 g/mol. The maximum Gasteiger partial charge on any atom is 0.416 e. The molecule has 0 bridgehead atoms. The summed E-state index contributed by atoms with van der Waals surface area (Å²) in [5.74, 6) is -1.51. The molecule has 4 rings (SSSR count). The lowest BCUT2D eigenvalue weighted by atomic mass is 10.0. The Bertz CT molecular complexity index is 1560. The second-order valence-corrected chi connectivity index (χ2v) is 11.1. The second kappa shape index (κ2) is 11.2. The van der Waals surface area contributed by atoms with E-state index < -0.39 is 57.0 Å². The molecule has 41 heavy (non-hydrogen) atoms. The summed E-state index contributed by atoms with van der Waals surface area (Å²) in [7, 11) is -4.04. The molecule has 2 heterocycles. The van der Waals surface area contributed by atoms with Crippen molar-refractivity contribution in [1.29, 1.82) is 0 Å². The molecular formula is C26H21F7N4O3S. The Morgan fingerprint density at radius 3 is 2.12 bits per heavy atom. The number of sulfonamides is 1. The molecule has 1 fully saturated rings. The lowest BCUT2D eigenvalue weighted by Gasteiger charge is -2.28. The number of hydrogen-bond acceptors (Lipinski definition) is 5. The first-order valence-electron chi connectivity index (χ1n) is 11.9. The van der Waals surface area contributed by atoms with Gasteiger partial charge in [-0.1, -0.05) is 12.1 Å². The van der Waals surface area contributed by atoms with E-state index in [4.69, 9.17) is 5.73 Å². The third kappa shape index (κ3) is 6.90. The fourth-order valence-electron chi connectivity index (χ4n) is 4.16. The standard InChI is InChI=1S/C26H21F7N4O3S/c27-19-5-8-37(9-6-19)41(39,40)21-3-1-2-15(12-21)22(23(34)38)14-20-4-7-35-24(36-20)16-10-17(25(28,29)30)13-18(11-16)26(31,32)33/h1-4,7,10-14,19H,5-6,8-9H2,(H2,34,38)/b22-14+. The fraction of sp³-hybridized carbons (Fsp3) is 0.269. The van der Waals surface area contributed by atoms with Gasteiger partial charge in [-0.15, -0.1) is 0 Å². The number of aromatic nitrogens is 2. The Kier molecular flexibility index (Phi) is 8.23. The highest BCUT2D eigenvalue weighted by atomic mass is 32.2. The summed E-state index contributed by atoms with van der Waals surface area (Å²) in [5.41, 5.74) is 1.53. The predicted octanol–water partition coefficient (Wildman–Crippen LogP) is 5.33. The van der Waals surface area contributed by atoms with Crippen molar-refractivity contribution in [1.82, 2.24) is 14.3 Å². The van der Waals surface area contributed by atoms with E-state index in [9.17, 15) is 43.9 Å². The number of piperidine rings is 1. The Morgan fingerprint density at radius 2 is 1.56 bits per heavy atom. The fourth-order valence-corrected chi connectivity index (χ4v) is 5.67. The largest absolute Gasteiger partial charge is 0.416 e. The number of primary amides is 1. The minimum absolute atomic E-state index is 0.0262. The van der Waals surface area contributed by atoms with Crippen molar-refractivity contribution in [2.75, 3.05) is 13.1 Å². The molecule has 1 saturated heterocycles. The van der Waals surface area contributed by atoms with Crippen LogP contribution in [-0.2, 0) is 27.2 Å². The van der Waals surface area contributed by atoms with E-state index in [-0.39, 0.29) is 53.7 Å². The molecule has 1 aromatic heterocycles. The number of carbonyl (C=O) groups excluding carboxylic acids is 1. The first kappa shape index (κ1) is 30.1. The van der Waals surface area contributed by atoms with Gasteiger partial charge in [-0.2, -0.15) is 30.6 Å². The van der Waals surface area contributed by atoms with Crippen LogP contribution in [0.3, 0.4) is 0 Å². The Morgan fingerprint density at radius 1 is 0.951 bits per heavy atom. The zero-order valence-electron chi connectivity index (χ0n) is 20.9.